The molecule has 96 valence electrons. The minimum Gasteiger partial charge on any atom is -0.508 e. The number of nitrogens with zero attached hydrogens (tertiary/aromatic N) is 1. The first kappa shape index (κ1) is 14.0. The molecule has 0 heterocycles. The zero-order chi connectivity index (χ0) is 13.5. The lowest BCUT2D eigenvalue weighted by Gasteiger charge is -2.15. The zero-order valence-electron chi connectivity index (χ0n) is 10.3. The molecule has 2 atom stereocenters. The maximum absolute atomic E-state index is 11.7. The van der Waals surface area contributed by atoms with Gasteiger partial charge in [-0.25, -0.2) is 0 Å². The Labute approximate surface area is 106 Å². The maximum Gasteiger partial charge on any atom is 0.237 e. The molecule has 0 fully saturated rings. The lowest BCUT2D eigenvalue weighted by Crippen LogP contribution is -2.45. The van der Waals surface area contributed by atoms with E-state index in [4.69, 9.17) is 16.1 Å². The van der Waals surface area contributed by atoms with E-state index in [1.54, 1.807) is 31.2 Å². The Kier molecular flexibility index (Phi) is 5.15. The predicted molar refractivity (Wildman–Crippen MR) is 67.6 cm³/mol. The third-order valence-corrected chi connectivity index (χ3v) is 2.51. The fourth-order valence-electron chi connectivity index (χ4n) is 1.52. The van der Waals surface area contributed by atoms with Crippen LogP contribution in [0.2, 0.25) is 0 Å². The number of phenols is 1. The average Bonchev–Trinajstić information content (AvgIpc) is 2.32. The van der Waals surface area contributed by atoms with Crippen molar-refractivity contribution in [2.75, 3.05) is 0 Å². The van der Waals surface area contributed by atoms with Gasteiger partial charge in [-0.15, -0.1) is 0 Å². The zero-order valence-corrected chi connectivity index (χ0v) is 10.3. The number of benzene rings is 1. The topological polar surface area (TPSA) is 99.1 Å². The van der Waals surface area contributed by atoms with Crippen molar-refractivity contribution in [1.82, 2.24) is 5.32 Å². The summed E-state index contributed by atoms with van der Waals surface area (Å²) in [6.07, 6.45) is 0.656. The van der Waals surface area contributed by atoms with E-state index in [1.165, 1.54) is 0 Å². The molecule has 0 radical (unpaired) electrons. The first-order valence-electron chi connectivity index (χ1n) is 5.73. The van der Waals surface area contributed by atoms with Gasteiger partial charge in [0.1, 0.15) is 5.75 Å². The van der Waals surface area contributed by atoms with E-state index < -0.39 is 6.04 Å². The van der Waals surface area contributed by atoms with E-state index in [1.807, 2.05) is 6.07 Å². The van der Waals surface area contributed by atoms with Gasteiger partial charge in [0.2, 0.25) is 5.91 Å². The van der Waals surface area contributed by atoms with E-state index >= 15 is 0 Å². The molecule has 18 heavy (non-hydrogen) atoms. The van der Waals surface area contributed by atoms with E-state index in [0.29, 0.717) is 6.42 Å². The van der Waals surface area contributed by atoms with E-state index in [9.17, 15) is 4.79 Å². The van der Waals surface area contributed by atoms with Crippen LogP contribution in [0.4, 0.5) is 0 Å². The van der Waals surface area contributed by atoms with Crippen LogP contribution in [0, 0.1) is 11.3 Å². The van der Waals surface area contributed by atoms with Crippen LogP contribution in [0.3, 0.4) is 0 Å². The van der Waals surface area contributed by atoms with Crippen molar-refractivity contribution in [3.8, 4) is 11.8 Å². The predicted octanol–water partition coefficient (Wildman–Crippen LogP) is 0.680. The van der Waals surface area contributed by atoms with Gasteiger partial charge in [-0.1, -0.05) is 12.1 Å². The molecule has 5 nitrogen and oxygen atoms in total. The molecule has 1 aromatic rings. The minimum absolute atomic E-state index is 0.180. The molecule has 0 aliphatic rings. The van der Waals surface area contributed by atoms with Crippen molar-refractivity contribution in [2.45, 2.75) is 31.8 Å². The van der Waals surface area contributed by atoms with Crippen LogP contribution < -0.4 is 11.1 Å². The molecular formula is C13H17N3O2. The highest BCUT2D eigenvalue weighted by Gasteiger charge is 2.16. The molecule has 1 aromatic carbocycles. The minimum atomic E-state index is -0.657. The molecule has 0 aliphatic heterocycles. The van der Waals surface area contributed by atoms with Crippen molar-refractivity contribution >= 4 is 5.91 Å². The third kappa shape index (κ3) is 4.44. The number of phenolic OH excluding ortho intramolecular Hbond substituents is 1. The van der Waals surface area contributed by atoms with Crippen molar-refractivity contribution < 1.29 is 9.90 Å². The number of carbonyl (C=O) groups excluding carboxylic acids is 1. The van der Waals surface area contributed by atoms with Crippen molar-refractivity contribution in [1.29, 1.82) is 5.26 Å². The molecule has 0 aromatic heterocycles. The van der Waals surface area contributed by atoms with Gasteiger partial charge in [0.15, 0.2) is 0 Å². The Morgan fingerprint density at radius 2 is 2.11 bits per heavy atom. The van der Waals surface area contributed by atoms with Gasteiger partial charge in [-0.05, 0) is 31.0 Å². The van der Waals surface area contributed by atoms with Crippen molar-refractivity contribution in [3.63, 3.8) is 0 Å². The van der Waals surface area contributed by atoms with Crippen LogP contribution >= 0.6 is 0 Å². The van der Waals surface area contributed by atoms with Gasteiger partial charge in [0, 0.05) is 6.04 Å². The second-order valence-corrected chi connectivity index (χ2v) is 4.25. The summed E-state index contributed by atoms with van der Waals surface area (Å²) in [5.41, 5.74) is 6.65. The molecule has 5 heteroatoms. The summed E-state index contributed by atoms with van der Waals surface area (Å²) in [6, 6.07) is 7.68. The number of nitrogens with one attached hydrogen (secondary N) is 1. The number of aromatic hydroxyl groups is 1. The van der Waals surface area contributed by atoms with Crippen molar-refractivity contribution in [2.24, 2.45) is 5.73 Å². The van der Waals surface area contributed by atoms with Crippen LogP contribution in [-0.2, 0) is 11.2 Å². The summed E-state index contributed by atoms with van der Waals surface area (Å²) in [7, 11) is 0. The first-order chi connectivity index (χ1) is 8.52. The van der Waals surface area contributed by atoms with Crippen LogP contribution in [0.25, 0.3) is 0 Å². The lowest BCUT2D eigenvalue weighted by atomic mass is 10.1. The molecule has 1 rings (SSSR count). The number of nitrogens with two attached hydrogens (primary N) is 1. The fraction of sp³-hybridized carbons (Fsp3) is 0.385. The van der Waals surface area contributed by atoms with Gasteiger partial charge < -0.3 is 16.2 Å². The summed E-state index contributed by atoms with van der Waals surface area (Å²) in [5.74, 6) is -0.0924. The standard InChI is InChI=1S/C13H17N3O2/c1-9(6-7-14)16-13(18)12(15)8-10-2-4-11(17)5-3-10/h2-5,9,12,17H,6,8,15H2,1H3,(H,16,18)/t9?,12-/m0/s1. The summed E-state index contributed by atoms with van der Waals surface area (Å²) in [5, 5.41) is 20.3. The number of nitriles is 1. The number of hydrogen-bond acceptors (Lipinski definition) is 4. The van der Waals surface area contributed by atoms with Gasteiger partial charge in [-0.3, -0.25) is 4.79 Å². The number of carbonyl (C=O) groups is 1. The Balaban J connectivity index is 2.50. The van der Waals surface area contributed by atoms with Crippen LogP contribution in [0.15, 0.2) is 24.3 Å². The Hall–Kier alpha value is -2.06. The molecular weight excluding hydrogens is 230 g/mol. The van der Waals surface area contributed by atoms with E-state index in [-0.39, 0.29) is 24.1 Å². The van der Waals surface area contributed by atoms with Crippen LogP contribution in [0.5, 0.6) is 5.75 Å². The van der Waals surface area contributed by atoms with Crippen LogP contribution in [0.1, 0.15) is 18.9 Å². The molecule has 4 N–H and O–H groups in total. The highest BCUT2D eigenvalue weighted by molar-refractivity contribution is 5.82. The Bertz CT molecular complexity index is 437. The normalized spacial score (nSPS) is 13.4. The average molecular weight is 247 g/mol. The number of rotatable bonds is 5. The largest absolute Gasteiger partial charge is 0.508 e. The quantitative estimate of drug-likeness (QED) is 0.712. The fourth-order valence-corrected chi connectivity index (χ4v) is 1.52. The molecule has 0 saturated heterocycles. The summed E-state index contributed by atoms with van der Waals surface area (Å²) in [4.78, 5) is 11.7. The lowest BCUT2D eigenvalue weighted by molar-refractivity contribution is -0.122. The smallest absolute Gasteiger partial charge is 0.237 e. The molecule has 0 aliphatic carbocycles. The van der Waals surface area contributed by atoms with Crippen LogP contribution in [-0.4, -0.2) is 23.1 Å². The molecule has 0 spiro atoms. The van der Waals surface area contributed by atoms with Gasteiger partial charge in [-0.2, -0.15) is 5.26 Å². The maximum atomic E-state index is 11.7. The first-order valence-corrected chi connectivity index (χ1v) is 5.73. The highest BCUT2D eigenvalue weighted by Crippen LogP contribution is 2.10. The molecule has 1 unspecified atom stereocenters. The second-order valence-electron chi connectivity index (χ2n) is 4.25. The van der Waals surface area contributed by atoms with E-state index in [0.717, 1.165) is 5.56 Å². The monoisotopic (exact) mass is 247 g/mol. The van der Waals surface area contributed by atoms with Crippen molar-refractivity contribution in [3.05, 3.63) is 29.8 Å². The van der Waals surface area contributed by atoms with Gasteiger partial charge in [0.25, 0.3) is 0 Å². The summed E-state index contributed by atoms with van der Waals surface area (Å²) in [6.45, 7) is 1.76. The number of amides is 1. The van der Waals surface area contributed by atoms with E-state index in [2.05, 4.69) is 5.32 Å². The second kappa shape index (κ2) is 6.62. The summed E-state index contributed by atoms with van der Waals surface area (Å²) < 4.78 is 0. The molecule has 0 bridgehead atoms. The Morgan fingerprint density at radius 1 is 1.50 bits per heavy atom. The Morgan fingerprint density at radius 3 is 2.67 bits per heavy atom. The molecule has 1 amide bonds. The number of hydrogen-bond donors (Lipinski definition) is 3. The summed E-state index contributed by atoms with van der Waals surface area (Å²) >= 11 is 0. The van der Waals surface area contributed by atoms with Gasteiger partial charge >= 0.3 is 0 Å². The molecule has 0 saturated carbocycles. The highest BCUT2D eigenvalue weighted by atomic mass is 16.3. The third-order valence-electron chi connectivity index (χ3n) is 2.51. The van der Waals surface area contributed by atoms with Gasteiger partial charge in [0.05, 0.1) is 18.5 Å². The SMILES string of the molecule is CC(CC#N)NC(=O)[C@@H](N)Cc1ccc(O)cc1.